The molecular weight excluding hydrogens is 394 g/mol. The first-order valence-electron chi connectivity index (χ1n) is 8.86. The van der Waals surface area contributed by atoms with Crippen LogP contribution in [0.4, 0.5) is 5.69 Å². The van der Waals surface area contributed by atoms with Crippen LogP contribution in [0.15, 0.2) is 23.0 Å². The van der Waals surface area contributed by atoms with Crippen molar-refractivity contribution in [3.8, 4) is 5.75 Å². The first kappa shape index (κ1) is 20.4. The lowest BCUT2D eigenvalue weighted by Crippen LogP contribution is -2.23. The molecule has 28 heavy (non-hydrogen) atoms. The number of methoxy groups -OCH3 is 1. The minimum Gasteiger partial charge on any atom is -0.495 e. The fraction of sp³-hybridized carbons (Fsp3) is 0.350. The van der Waals surface area contributed by atoms with Gasteiger partial charge in [-0.15, -0.1) is 23.1 Å². The Hall–Kier alpha value is -2.32. The number of fused-ring (bicyclic) bond motifs is 1. The number of thiophene rings is 1. The van der Waals surface area contributed by atoms with Crippen LogP contribution >= 0.6 is 23.1 Å². The van der Waals surface area contributed by atoms with Crippen molar-refractivity contribution in [2.24, 2.45) is 0 Å². The standard InChI is InChI=1S/C20H23N3O3S2/c1-10-6-7-15(26-5)14(8-10)21-18(24)13(4)27-9-16-22-19(25)17-11(2)12(3)28-20(17)23-16/h6-8,13H,9H2,1-5H3,(H,21,24)(H,22,23,25). The van der Waals surface area contributed by atoms with E-state index < -0.39 is 0 Å². The van der Waals surface area contributed by atoms with Crippen molar-refractivity contribution in [2.75, 3.05) is 12.4 Å². The van der Waals surface area contributed by atoms with Crippen LogP contribution in [0.5, 0.6) is 5.75 Å². The molecule has 0 saturated heterocycles. The van der Waals surface area contributed by atoms with Crippen LogP contribution in [0.2, 0.25) is 0 Å². The summed E-state index contributed by atoms with van der Waals surface area (Å²) in [5.41, 5.74) is 2.54. The van der Waals surface area contributed by atoms with Crippen molar-refractivity contribution < 1.29 is 9.53 Å². The Kier molecular flexibility index (Phi) is 6.10. The number of rotatable bonds is 6. The van der Waals surface area contributed by atoms with E-state index in [4.69, 9.17) is 4.74 Å². The van der Waals surface area contributed by atoms with E-state index in [1.807, 2.05) is 45.9 Å². The van der Waals surface area contributed by atoms with Crippen LogP contribution in [0.3, 0.4) is 0 Å². The van der Waals surface area contributed by atoms with E-state index in [2.05, 4.69) is 15.3 Å². The summed E-state index contributed by atoms with van der Waals surface area (Å²) in [6.07, 6.45) is 0. The highest BCUT2D eigenvalue weighted by molar-refractivity contribution is 7.99. The Bertz CT molecular complexity index is 1090. The van der Waals surface area contributed by atoms with Crippen LogP contribution in [-0.2, 0) is 10.5 Å². The molecule has 0 saturated carbocycles. The SMILES string of the molecule is COc1ccc(C)cc1NC(=O)C(C)SCc1nc2sc(C)c(C)c2c(=O)[nH]1. The largest absolute Gasteiger partial charge is 0.495 e. The van der Waals surface area contributed by atoms with Gasteiger partial charge in [0.25, 0.3) is 5.56 Å². The Balaban J connectivity index is 1.69. The van der Waals surface area contributed by atoms with Gasteiger partial charge >= 0.3 is 0 Å². The first-order chi connectivity index (χ1) is 13.3. The molecule has 3 rings (SSSR count). The quantitative estimate of drug-likeness (QED) is 0.629. The fourth-order valence-corrected chi connectivity index (χ4v) is 4.60. The lowest BCUT2D eigenvalue weighted by atomic mass is 10.2. The average molecular weight is 418 g/mol. The molecule has 0 aliphatic heterocycles. The minimum absolute atomic E-state index is 0.121. The second-order valence-electron chi connectivity index (χ2n) is 6.62. The number of aromatic amines is 1. The van der Waals surface area contributed by atoms with Gasteiger partial charge < -0.3 is 15.0 Å². The van der Waals surface area contributed by atoms with Crippen LogP contribution in [0.25, 0.3) is 10.2 Å². The lowest BCUT2D eigenvalue weighted by Gasteiger charge is -2.14. The van der Waals surface area contributed by atoms with Crippen molar-refractivity contribution in [3.05, 3.63) is 50.4 Å². The van der Waals surface area contributed by atoms with Crippen LogP contribution in [0, 0.1) is 20.8 Å². The molecule has 8 heteroatoms. The second kappa shape index (κ2) is 8.36. The number of nitrogens with zero attached hydrogens (tertiary/aromatic N) is 1. The second-order valence-corrected chi connectivity index (χ2v) is 9.15. The normalized spacial score (nSPS) is 12.2. The zero-order chi connectivity index (χ0) is 20.4. The molecule has 2 aromatic heterocycles. The molecule has 1 atom stereocenters. The Morgan fingerprint density at radius 3 is 2.82 bits per heavy atom. The number of nitrogens with one attached hydrogen (secondary N) is 2. The van der Waals surface area contributed by atoms with Gasteiger partial charge in [0.2, 0.25) is 5.91 Å². The maximum absolute atomic E-state index is 12.6. The fourth-order valence-electron chi connectivity index (χ4n) is 2.80. The summed E-state index contributed by atoms with van der Waals surface area (Å²) >= 11 is 2.94. The Morgan fingerprint density at radius 2 is 2.11 bits per heavy atom. The molecule has 1 amide bonds. The third-order valence-electron chi connectivity index (χ3n) is 4.54. The van der Waals surface area contributed by atoms with Crippen molar-refractivity contribution in [1.29, 1.82) is 0 Å². The predicted octanol–water partition coefficient (Wildman–Crippen LogP) is 4.18. The molecule has 0 radical (unpaired) electrons. The smallest absolute Gasteiger partial charge is 0.259 e. The average Bonchev–Trinajstić information content (AvgIpc) is 2.94. The molecule has 6 nitrogen and oxygen atoms in total. The monoisotopic (exact) mass is 417 g/mol. The molecule has 0 spiro atoms. The molecular formula is C20H23N3O3S2. The van der Waals surface area contributed by atoms with Gasteiger partial charge in [-0.25, -0.2) is 4.98 Å². The molecule has 0 aliphatic carbocycles. The number of aromatic nitrogens is 2. The summed E-state index contributed by atoms with van der Waals surface area (Å²) in [6, 6.07) is 5.64. The predicted molar refractivity (Wildman–Crippen MR) is 117 cm³/mol. The molecule has 2 N–H and O–H groups in total. The minimum atomic E-state index is -0.321. The van der Waals surface area contributed by atoms with E-state index in [1.54, 1.807) is 7.11 Å². The summed E-state index contributed by atoms with van der Waals surface area (Å²) in [5, 5.41) is 3.25. The molecule has 1 unspecified atom stereocenters. The topological polar surface area (TPSA) is 84.1 Å². The van der Waals surface area contributed by atoms with Crippen LogP contribution < -0.4 is 15.6 Å². The Morgan fingerprint density at radius 1 is 1.36 bits per heavy atom. The van der Waals surface area contributed by atoms with E-state index in [-0.39, 0.29) is 16.7 Å². The van der Waals surface area contributed by atoms with E-state index in [0.29, 0.717) is 28.4 Å². The molecule has 1 aromatic carbocycles. The van der Waals surface area contributed by atoms with Crippen molar-refractivity contribution in [2.45, 2.75) is 38.7 Å². The number of benzene rings is 1. The van der Waals surface area contributed by atoms with Crippen molar-refractivity contribution >= 4 is 44.9 Å². The molecule has 148 valence electrons. The number of hydrogen-bond acceptors (Lipinski definition) is 6. The summed E-state index contributed by atoms with van der Waals surface area (Å²) in [5.74, 6) is 1.52. The van der Waals surface area contributed by atoms with E-state index in [9.17, 15) is 9.59 Å². The molecule has 0 fully saturated rings. The molecule has 2 heterocycles. The highest BCUT2D eigenvalue weighted by atomic mass is 32.2. The number of anilines is 1. The highest BCUT2D eigenvalue weighted by Crippen LogP contribution is 2.28. The van der Waals surface area contributed by atoms with E-state index in [0.717, 1.165) is 20.8 Å². The summed E-state index contributed by atoms with van der Waals surface area (Å²) in [4.78, 5) is 34.2. The van der Waals surface area contributed by atoms with Gasteiger partial charge in [-0.05, 0) is 51.0 Å². The van der Waals surface area contributed by atoms with Crippen molar-refractivity contribution in [1.82, 2.24) is 9.97 Å². The van der Waals surface area contributed by atoms with Gasteiger partial charge in [-0.1, -0.05) is 6.07 Å². The molecule has 3 aromatic rings. The van der Waals surface area contributed by atoms with E-state index in [1.165, 1.54) is 23.1 Å². The van der Waals surface area contributed by atoms with Gasteiger partial charge in [0.05, 0.1) is 29.2 Å². The third-order valence-corrected chi connectivity index (χ3v) is 6.80. The zero-order valence-electron chi connectivity index (χ0n) is 16.5. The van der Waals surface area contributed by atoms with Gasteiger partial charge in [0.1, 0.15) is 16.4 Å². The van der Waals surface area contributed by atoms with Gasteiger partial charge in [0.15, 0.2) is 0 Å². The summed E-state index contributed by atoms with van der Waals surface area (Å²) < 4.78 is 5.31. The number of carbonyl (C=O) groups is 1. The molecule has 0 bridgehead atoms. The highest BCUT2D eigenvalue weighted by Gasteiger charge is 2.17. The number of aryl methyl sites for hydroxylation is 3. The number of ether oxygens (including phenoxy) is 1. The maximum atomic E-state index is 12.6. The maximum Gasteiger partial charge on any atom is 0.259 e. The van der Waals surface area contributed by atoms with Gasteiger partial charge in [0, 0.05) is 4.88 Å². The van der Waals surface area contributed by atoms with Gasteiger partial charge in [-0.3, -0.25) is 9.59 Å². The summed E-state index contributed by atoms with van der Waals surface area (Å²) in [6.45, 7) is 7.71. The summed E-state index contributed by atoms with van der Waals surface area (Å²) in [7, 11) is 1.57. The number of hydrogen-bond donors (Lipinski definition) is 2. The first-order valence-corrected chi connectivity index (χ1v) is 10.7. The van der Waals surface area contributed by atoms with Crippen LogP contribution in [-0.4, -0.2) is 28.2 Å². The number of carbonyl (C=O) groups excluding carboxylic acids is 1. The molecule has 0 aliphatic rings. The number of thioether (sulfide) groups is 1. The zero-order valence-corrected chi connectivity index (χ0v) is 18.1. The number of H-pyrrole nitrogens is 1. The number of amides is 1. The lowest BCUT2D eigenvalue weighted by molar-refractivity contribution is -0.115. The third kappa shape index (κ3) is 4.23. The Labute approximate surface area is 171 Å². The van der Waals surface area contributed by atoms with Gasteiger partial charge in [-0.2, -0.15) is 0 Å². The van der Waals surface area contributed by atoms with Crippen LogP contribution in [0.1, 0.15) is 28.8 Å². The van der Waals surface area contributed by atoms with E-state index >= 15 is 0 Å². The van der Waals surface area contributed by atoms with Crippen molar-refractivity contribution in [3.63, 3.8) is 0 Å².